The zero-order chi connectivity index (χ0) is 14.6. The Labute approximate surface area is 124 Å². The van der Waals surface area contributed by atoms with Gasteiger partial charge in [0, 0.05) is 38.2 Å². The van der Waals surface area contributed by atoms with Crippen LogP contribution in [0.15, 0.2) is 0 Å². The summed E-state index contributed by atoms with van der Waals surface area (Å²) in [7, 11) is 0. The largest absolute Gasteiger partial charge is 0.381 e. The first-order chi connectivity index (χ1) is 9.49. The fourth-order valence-corrected chi connectivity index (χ4v) is 3.48. The highest BCUT2D eigenvalue weighted by molar-refractivity contribution is 4.90. The van der Waals surface area contributed by atoms with E-state index in [-0.39, 0.29) is 0 Å². The number of rotatable bonds is 6. The van der Waals surface area contributed by atoms with E-state index in [1.165, 1.54) is 6.42 Å². The van der Waals surface area contributed by atoms with Gasteiger partial charge in [-0.15, -0.1) is 0 Å². The van der Waals surface area contributed by atoms with Crippen molar-refractivity contribution in [2.75, 3.05) is 45.9 Å². The summed E-state index contributed by atoms with van der Waals surface area (Å²) in [4.78, 5) is 2.57. The molecular formula is C16H32N2O2. The number of morpholine rings is 1. The van der Waals surface area contributed by atoms with Crippen LogP contribution in [0, 0.1) is 11.3 Å². The first-order valence-corrected chi connectivity index (χ1v) is 8.15. The highest BCUT2D eigenvalue weighted by Crippen LogP contribution is 2.30. The monoisotopic (exact) mass is 284 g/mol. The fraction of sp³-hybridized carbons (Fsp3) is 1.00. The minimum atomic E-state index is 0.297. The highest BCUT2D eigenvalue weighted by atomic mass is 16.5. The van der Waals surface area contributed by atoms with Gasteiger partial charge in [-0.2, -0.15) is 0 Å². The molecule has 0 saturated carbocycles. The summed E-state index contributed by atoms with van der Waals surface area (Å²) < 4.78 is 11.6. The minimum Gasteiger partial charge on any atom is -0.381 e. The number of ether oxygens (including phenoxy) is 2. The maximum atomic E-state index is 5.84. The summed E-state index contributed by atoms with van der Waals surface area (Å²) in [5.41, 5.74) is 0.297. The lowest BCUT2D eigenvalue weighted by Gasteiger charge is -2.40. The molecule has 0 radical (unpaired) electrons. The van der Waals surface area contributed by atoms with Gasteiger partial charge in [-0.05, 0) is 32.7 Å². The second-order valence-corrected chi connectivity index (χ2v) is 7.28. The van der Waals surface area contributed by atoms with Crippen molar-refractivity contribution in [2.24, 2.45) is 11.3 Å². The average Bonchev–Trinajstić information content (AvgIpc) is 2.75. The van der Waals surface area contributed by atoms with E-state index in [0.717, 1.165) is 45.9 Å². The summed E-state index contributed by atoms with van der Waals surface area (Å²) in [6.45, 7) is 16.1. The van der Waals surface area contributed by atoms with E-state index in [0.29, 0.717) is 23.5 Å². The summed E-state index contributed by atoms with van der Waals surface area (Å²) >= 11 is 0. The molecule has 0 aromatic rings. The van der Waals surface area contributed by atoms with Gasteiger partial charge in [0.25, 0.3) is 0 Å². The Morgan fingerprint density at radius 3 is 2.50 bits per heavy atom. The lowest BCUT2D eigenvalue weighted by atomic mass is 9.86. The third-order valence-corrected chi connectivity index (χ3v) is 4.29. The van der Waals surface area contributed by atoms with Crippen LogP contribution in [0.1, 0.15) is 34.1 Å². The second kappa shape index (κ2) is 7.21. The van der Waals surface area contributed by atoms with E-state index >= 15 is 0 Å². The normalized spacial score (nSPS) is 35.9. The highest BCUT2D eigenvalue weighted by Gasteiger charge is 2.38. The Bertz CT molecular complexity index is 280. The average molecular weight is 284 g/mol. The predicted molar refractivity (Wildman–Crippen MR) is 82.0 cm³/mol. The molecule has 2 rings (SSSR count). The van der Waals surface area contributed by atoms with Gasteiger partial charge >= 0.3 is 0 Å². The molecule has 2 aliphatic rings. The van der Waals surface area contributed by atoms with Gasteiger partial charge < -0.3 is 14.8 Å². The van der Waals surface area contributed by atoms with Gasteiger partial charge in [0.2, 0.25) is 0 Å². The Kier molecular flexibility index (Phi) is 5.84. The molecule has 1 unspecified atom stereocenters. The van der Waals surface area contributed by atoms with Gasteiger partial charge in [-0.3, -0.25) is 4.90 Å². The van der Waals surface area contributed by atoms with Crippen LogP contribution >= 0.6 is 0 Å². The molecule has 2 fully saturated rings. The Hall–Kier alpha value is -0.160. The second-order valence-electron chi connectivity index (χ2n) is 7.28. The zero-order valence-corrected chi connectivity index (χ0v) is 13.7. The Morgan fingerprint density at radius 2 is 1.95 bits per heavy atom. The number of hydrogen-bond acceptors (Lipinski definition) is 4. The van der Waals surface area contributed by atoms with E-state index in [9.17, 15) is 0 Å². The molecule has 0 aromatic heterocycles. The smallest absolute Gasteiger partial charge is 0.0678 e. The quantitative estimate of drug-likeness (QED) is 0.806. The molecule has 2 saturated heterocycles. The van der Waals surface area contributed by atoms with Crippen LogP contribution in [0.5, 0.6) is 0 Å². The molecule has 2 heterocycles. The first kappa shape index (κ1) is 16.2. The third-order valence-electron chi connectivity index (χ3n) is 4.29. The molecule has 0 aromatic carbocycles. The van der Waals surface area contributed by atoms with Crippen molar-refractivity contribution in [1.82, 2.24) is 10.2 Å². The molecule has 4 heteroatoms. The van der Waals surface area contributed by atoms with Gasteiger partial charge in [0.1, 0.15) is 0 Å². The minimum absolute atomic E-state index is 0.297. The van der Waals surface area contributed by atoms with Crippen molar-refractivity contribution < 1.29 is 9.47 Å². The van der Waals surface area contributed by atoms with Gasteiger partial charge in [-0.1, -0.05) is 13.8 Å². The topological polar surface area (TPSA) is 33.7 Å². The molecule has 20 heavy (non-hydrogen) atoms. The lowest BCUT2D eigenvalue weighted by molar-refractivity contribution is -0.0780. The van der Waals surface area contributed by atoms with E-state index in [4.69, 9.17) is 9.47 Å². The van der Waals surface area contributed by atoms with E-state index < -0.39 is 0 Å². The standard InChI is InChI=1S/C16H32N2O2/c1-13(2)7-17-10-16(5-6-19-12-16)11-18-8-14(3)20-15(4)9-18/h13-15,17H,5-12H2,1-4H3/t14-,15+,16?. The van der Waals surface area contributed by atoms with Crippen molar-refractivity contribution in [1.29, 1.82) is 0 Å². The number of hydrogen-bond donors (Lipinski definition) is 1. The molecule has 4 nitrogen and oxygen atoms in total. The summed E-state index contributed by atoms with van der Waals surface area (Å²) in [5.74, 6) is 0.706. The molecule has 3 atom stereocenters. The van der Waals surface area contributed by atoms with Crippen molar-refractivity contribution in [2.45, 2.75) is 46.3 Å². The zero-order valence-electron chi connectivity index (χ0n) is 13.7. The van der Waals surface area contributed by atoms with E-state index in [2.05, 4.69) is 37.9 Å². The maximum absolute atomic E-state index is 5.84. The Morgan fingerprint density at radius 1 is 1.25 bits per heavy atom. The summed E-state index contributed by atoms with van der Waals surface area (Å²) in [5, 5.41) is 3.64. The van der Waals surface area contributed by atoms with E-state index in [1.807, 2.05) is 0 Å². The van der Waals surface area contributed by atoms with Crippen molar-refractivity contribution in [3.05, 3.63) is 0 Å². The lowest BCUT2D eigenvalue weighted by Crippen LogP contribution is -2.52. The van der Waals surface area contributed by atoms with Crippen molar-refractivity contribution in [3.8, 4) is 0 Å². The van der Waals surface area contributed by atoms with Crippen LogP contribution in [0.2, 0.25) is 0 Å². The van der Waals surface area contributed by atoms with Crippen LogP contribution in [0.4, 0.5) is 0 Å². The summed E-state index contributed by atoms with van der Waals surface area (Å²) in [6.07, 6.45) is 1.88. The molecular weight excluding hydrogens is 252 g/mol. The van der Waals surface area contributed by atoms with E-state index in [1.54, 1.807) is 0 Å². The van der Waals surface area contributed by atoms with Gasteiger partial charge in [0.05, 0.1) is 18.8 Å². The Balaban J connectivity index is 1.87. The van der Waals surface area contributed by atoms with Crippen molar-refractivity contribution in [3.63, 3.8) is 0 Å². The number of nitrogens with one attached hydrogen (secondary N) is 1. The fourth-order valence-electron chi connectivity index (χ4n) is 3.48. The molecule has 0 aliphatic carbocycles. The first-order valence-electron chi connectivity index (χ1n) is 8.15. The summed E-state index contributed by atoms with van der Waals surface area (Å²) in [6, 6.07) is 0. The van der Waals surface area contributed by atoms with Crippen LogP contribution in [-0.2, 0) is 9.47 Å². The predicted octanol–water partition coefficient (Wildman–Crippen LogP) is 1.75. The SMILES string of the molecule is CC(C)CNCC1(CN2C[C@@H](C)O[C@@H](C)C2)CCOC1. The molecule has 2 aliphatic heterocycles. The third kappa shape index (κ3) is 4.69. The number of nitrogens with zero attached hydrogens (tertiary/aromatic N) is 1. The molecule has 1 N–H and O–H groups in total. The van der Waals surface area contributed by atoms with Crippen LogP contribution in [0.25, 0.3) is 0 Å². The van der Waals surface area contributed by atoms with Gasteiger partial charge in [0.15, 0.2) is 0 Å². The van der Waals surface area contributed by atoms with Gasteiger partial charge in [-0.25, -0.2) is 0 Å². The molecule has 0 amide bonds. The maximum Gasteiger partial charge on any atom is 0.0678 e. The molecule has 0 bridgehead atoms. The van der Waals surface area contributed by atoms with Crippen LogP contribution < -0.4 is 5.32 Å². The molecule has 118 valence electrons. The molecule has 0 spiro atoms. The van der Waals surface area contributed by atoms with Crippen LogP contribution in [-0.4, -0.2) is 63.0 Å². The van der Waals surface area contributed by atoms with Crippen LogP contribution in [0.3, 0.4) is 0 Å². The van der Waals surface area contributed by atoms with Crippen molar-refractivity contribution >= 4 is 0 Å².